The molecule has 29 heavy (non-hydrogen) atoms. The van der Waals surface area contributed by atoms with E-state index in [1.54, 1.807) is 36.4 Å². The molecule has 0 saturated carbocycles. The van der Waals surface area contributed by atoms with Crippen molar-refractivity contribution < 1.29 is 13.2 Å². The molecule has 0 radical (unpaired) electrons. The van der Waals surface area contributed by atoms with Gasteiger partial charge in [-0.25, -0.2) is 8.42 Å². The van der Waals surface area contributed by atoms with Crippen molar-refractivity contribution in [2.75, 3.05) is 16.2 Å². The number of nitrogens with zero attached hydrogens (tertiary/aromatic N) is 1. The molecule has 0 unspecified atom stereocenters. The van der Waals surface area contributed by atoms with Crippen LogP contribution >= 0.6 is 0 Å². The fourth-order valence-corrected chi connectivity index (χ4v) is 4.63. The zero-order chi connectivity index (χ0) is 21.0. The first-order valence-electron chi connectivity index (χ1n) is 9.28. The Morgan fingerprint density at radius 2 is 1.48 bits per heavy atom. The van der Waals surface area contributed by atoms with E-state index in [4.69, 9.17) is 0 Å². The SMILES string of the molecule is Cc1cc(C)cc(NC(=O)CN(c2cccc(C)c2)S(=O)(=O)c2ccccc2)c1. The van der Waals surface area contributed by atoms with E-state index in [0.717, 1.165) is 21.0 Å². The monoisotopic (exact) mass is 408 g/mol. The fraction of sp³-hybridized carbons (Fsp3) is 0.174. The molecule has 0 heterocycles. The quantitative estimate of drug-likeness (QED) is 0.655. The lowest BCUT2D eigenvalue weighted by atomic mass is 10.1. The van der Waals surface area contributed by atoms with Gasteiger partial charge < -0.3 is 5.32 Å². The Morgan fingerprint density at radius 3 is 2.10 bits per heavy atom. The molecule has 0 bridgehead atoms. The molecule has 3 aromatic rings. The third-order valence-corrected chi connectivity index (χ3v) is 6.20. The van der Waals surface area contributed by atoms with Crippen molar-refractivity contribution in [1.82, 2.24) is 0 Å². The molecule has 0 aliphatic carbocycles. The number of sulfonamides is 1. The predicted molar refractivity (Wildman–Crippen MR) is 117 cm³/mol. The highest BCUT2D eigenvalue weighted by atomic mass is 32.2. The molecular formula is C23H24N2O3S. The van der Waals surface area contributed by atoms with Crippen LogP contribution in [0.1, 0.15) is 16.7 Å². The molecule has 0 saturated heterocycles. The Kier molecular flexibility index (Phi) is 6.03. The number of benzene rings is 3. The standard InChI is InChI=1S/C23H24N2O3S/c1-17-8-7-9-21(15-17)25(29(27,28)22-10-5-4-6-11-22)16-23(26)24-20-13-18(2)12-19(3)14-20/h4-15H,16H2,1-3H3,(H,24,26). The van der Waals surface area contributed by atoms with Crippen molar-refractivity contribution in [2.24, 2.45) is 0 Å². The second-order valence-corrected chi connectivity index (χ2v) is 8.95. The average Bonchev–Trinajstić information content (AvgIpc) is 2.66. The molecular weight excluding hydrogens is 384 g/mol. The van der Waals surface area contributed by atoms with Gasteiger partial charge in [0.1, 0.15) is 6.54 Å². The summed E-state index contributed by atoms with van der Waals surface area (Å²) in [7, 11) is -3.90. The Hall–Kier alpha value is -3.12. The smallest absolute Gasteiger partial charge is 0.264 e. The maximum absolute atomic E-state index is 13.3. The highest BCUT2D eigenvalue weighted by Crippen LogP contribution is 2.24. The van der Waals surface area contributed by atoms with Crippen molar-refractivity contribution in [2.45, 2.75) is 25.7 Å². The first kappa shape index (κ1) is 20.6. The minimum Gasteiger partial charge on any atom is -0.324 e. The summed E-state index contributed by atoms with van der Waals surface area (Å²) in [5.41, 5.74) is 4.05. The number of rotatable bonds is 6. The van der Waals surface area contributed by atoms with Crippen molar-refractivity contribution in [3.05, 3.63) is 89.5 Å². The number of carbonyl (C=O) groups is 1. The van der Waals surface area contributed by atoms with E-state index in [9.17, 15) is 13.2 Å². The Balaban J connectivity index is 1.94. The lowest BCUT2D eigenvalue weighted by Gasteiger charge is -2.24. The zero-order valence-electron chi connectivity index (χ0n) is 16.7. The van der Waals surface area contributed by atoms with E-state index in [1.165, 1.54) is 12.1 Å². The van der Waals surface area contributed by atoms with E-state index in [1.807, 2.05) is 45.0 Å². The maximum Gasteiger partial charge on any atom is 0.264 e. The van der Waals surface area contributed by atoms with Gasteiger partial charge in [-0.1, -0.05) is 36.4 Å². The van der Waals surface area contributed by atoms with E-state index >= 15 is 0 Å². The molecule has 5 nitrogen and oxygen atoms in total. The summed E-state index contributed by atoms with van der Waals surface area (Å²) in [6.45, 7) is 5.45. The number of carbonyl (C=O) groups excluding carboxylic acids is 1. The van der Waals surface area contributed by atoms with Crippen LogP contribution in [0.4, 0.5) is 11.4 Å². The summed E-state index contributed by atoms with van der Waals surface area (Å²) in [5.74, 6) is -0.406. The molecule has 6 heteroatoms. The number of aryl methyl sites for hydroxylation is 3. The van der Waals surface area contributed by atoms with Crippen molar-refractivity contribution in [3.63, 3.8) is 0 Å². The topological polar surface area (TPSA) is 66.5 Å². The molecule has 0 atom stereocenters. The van der Waals surface area contributed by atoms with Gasteiger partial charge in [0.15, 0.2) is 0 Å². The number of hydrogen-bond donors (Lipinski definition) is 1. The van der Waals surface area contributed by atoms with Crippen molar-refractivity contribution in [1.29, 1.82) is 0 Å². The van der Waals surface area contributed by atoms with E-state index in [0.29, 0.717) is 11.4 Å². The van der Waals surface area contributed by atoms with E-state index in [-0.39, 0.29) is 11.4 Å². The highest BCUT2D eigenvalue weighted by molar-refractivity contribution is 7.92. The Bertz CT molecular complexity index is 1110. The van der Waals surface area contributed by atoms with Gasteiger partial charge in [0.25, 0.3) is 10.0 Å². The normalized spacial score (nSPS) is 11.1. The average molecular weight is 409 g/mol. The molecule has 0 fully saturated rings. The molecule has 0 aromatic heterocycles. The molecule has 3 aromatic carbocycles. The minimum absolute atomic E-state index is 0.140. The van der Waals surface area contributed by atoms with Crippen molar-refractivity contribution in [3.8, 4) is 0 Å². The molecule has 0 spiro atoms. The van der Waals surface area contributed by atoms with Crippen LogP contribution in [-0.2, 0) is 14.8 Å². The molecule has 0 aliphatic rings. The van der Waals surface area contributed by atoms with Gasteiger partial charge in [-0.15, -0.1) is 0 Å². The number of amides is 1. The van der Waals surface area contributed by atoms with Crippen molar-refractivity contribution >= 4 is 27.3 Å². The molecule has 150 valence electrons. The summed E-state index contributed by atoms with van der Waals surface area (Å²) < 4.78 is 27.7. The van der Waals surface area contributed by atoms with Crippen LogP contribution < -0.4 is 9.62 Å². The molecule has 1 N–H and O–H groups in total. The highest BCUT2D eigenvalue weighted by Gasteiger charge is 2.27. The second-order valence-electron chi connectivity index (χ2n) is 7.09. The number of hydrogen-bond acceptors (Lipinski definition) is 3. The Labute approximate surface area is 172 Å². The zero-order valence-corrected chi connectivity index (χ0v) is 17.5. The van der Waals surface area contributed by atoms with Gasteiger partial charge >= 0.3 is 0 Å². The number of anilines is 2. The van der Waals surface area contributed by atoms with Crippen LogP contribution in [0.2, 0.25) is 0 Å². The first-order valence-corrected chi connectivity index (χ1v) is 10.7. The summed E-state index contributed by atoms with van der Waals surface area (Å²) in [6.07, 6.45) is 0. The lowest BCUT2D eigenvalue weighted by molar-refractivity contribution is -0.114. The van der Waals surface area contributed by atoms with Gasteiger partial charge in [0.05, 0.1) is 10.6 Å². The minimum atomic E-state index is -3.90. The largest absolute Gasteiger partial charge is 0.324 e. The Morgan fingerprint density at radius 1 is 0.828 bits per heavy atom. The third kappa shape index (κ3) is 5.03. The van der Waals surface area contributed by atoms with E-state index < -0.39 is 15.9 Å². The van der Waals surface area contributed by atoms with Gasteiger partial charge in [0.2, 0.25) is 5.91 Å². The summed E-state index contributed by atoms with van der Waals surface area (Å²) in [6, 6.07) is 21.0. The van der Waals surface area contributed by atoms with Crippen LogP contribution in [-0.4, -0.2) is 20.9 Å². The molecule has 1 amide bonds. The van der Waals surface area contributed by atoms with Crippen LogP contribution in [0, 0.1) is 20.8 Å². The third-order valence-electron chi connectivity index (χ3n) is 4.41. The number of nitrogens with one attached hydrogen (secondary N) is 1. The van der Waals surface area contributed by atoms with Gasteiger partial charge in [0, 0.05) is 5.69 Å². The molecule has 0 aliphatic heterocycles. The summed E-state index contributed by atoms with van der Waals surface area (Å²) >= 11 is 0. The summed E-state index contributed by atoms with van der Waals surface area (Å²) in [5, 5.41) is 2.82. The van der Waals surface area contributed by atoms with Crippen LogP contribution in [0.3, 0.4) is 0 Å². The summed E-state index contributed by atoms with van der Waals surface area (Å²) in [4.78, 5) is 12.9. The predicted octanol–water partition coefficient (Wildman–Crippen LogP) is 4.45. The van der Waals surface area contributed by atoms with Crippen LogP contribution in [0.25, 0.3) is 0 Å². The van der Waals surface area contributed by atoms with Crippen LogP contribution in [0.5, 0.6) is 0 Å². The van der Waals surface area contributed by atoms with Gasteiger partial charge in [-0.2, -0.15) is 0 Å². The maximum atomic E-state index is 13.3. The van der Waals surface area contributed by atoms with Crippen LogP contribution in [0.15, 0.2) is 77.7 Å². The lowest BCUT2D eigenvalue weighted by Crippen LogP contribution is -2.38. The fourth-order valence-electron chi connectivity index (χ4n) is 3.20. The van der Waals surface area contributed by atoms with E-state index in [2.05, 4.69) is 5.32 Å². The van der Waals surface area contributed by atoms with Gasteiger partial charge in [-0.3, -0.25) is 9.10 Å². The second kappa shape index (κ2) is 8.49. The molecule has 3 rings (SSSR count). The van der Waals surface area contributed by atoms with Gasteiger partial charge in [-0.05, 0) is 73.9 Å². The first-order chi connectivity index (χ1) is 13.8.